The molecule has 2 aromatic carbocycles. The zero-order valence-electron chi connectivity index (χ0n) is 23.6. The van der Waals surface area contributed by atoms with Gasteiger partial charge in [0.2, 0.25) is 11.0 Å². The molecule has 0 aliphatic carbocycles. The molecule has 0 bridgehead atoms. The largest absolute Gasteiger partial charge is 0.459 e. The first-order chi connectivity index (χ1) is 18.8. The van der Waals surface area contributed by atoms with E-state index in [0.29, 0.717) is 29.7 Å². The van der Waals surface area contributed by atoms with Crippen molar-refractivity contribution in [2.75, 3.05) is 12.3 Å². The van der Waals surface area contributed by atoms with Gasteiger partial charge in [0.1, 0.15) is 11.6 Å². The molecular weight excluding hydrogens is 530 g/mol. The van der Waals surface area contributed by atoms with Gasteiger partial charge in [0.15, 0.2) is 0 Å². The number of carbonyl (C=O) groups is 5. The van der Waals surface area contributed by atoms with Crippen LogP contribution in [0.1, 0.15) is 74.6 Å². The molecule has 9 nitrogen and oxygen atoms in total. The second-order valence-corrected chi connectivity index (χ2v) is 12.8. The third-order valence-electron chi connectivity index (χ3n) is 6.85. The lowest BCUT2D eigenvalue weighted by molar-refractivity contribution is -0.158. The van der Waals surface area contributed by atoms with Crippen molar-refractivity contribution in [2.24, 2.45) is 5.92 Å². The van der Waals surface area contributed by atoms with Crippen molar-refractivity contribution in [3.63, 3.8) is 0 Å². The monoisotopic (exact) mass is 567 g/mol. The molecule has 2 N–H and O–H groups in total. The molecule has 10 heteroatoms. The average molecular weight is 568 g/mol. The molecule has 2 aliphatic heterocycles. The highest BCUT2D eigenvalue weighted by atomic mass is 32.2. The number of nitrogens with zero attached hydrogens (tertiary/aromatic N) is 1. The minimum absolute atomic E-state index is 0.0344. The predicted octanol–water partition coefficient (Wildman–Crippen LogP) is 3.69. The van der Waals surface area contributed by atoms with E-state index in [0.717, 1.165) is 15.7 Å². The molecule has 0 saturated carbocycles. The van der Waals surface area contributed by atoms with Crippen molar-refractivity contribution in [1.29, 1.82) is 0 Å². The Hall–Kier alpha value is -3.24. The number of benzene rings is 2. The van der Waals surface area contributed by atoms with Crippen molar-refractivity contribution in [1.82, 2.24) is 15.5 Å². The first-order valence-corrected chi connectivity index (χ1v) is 14.7. The number of rotatable bonds is 10. The van der Waals surface area contributed by atoms with E-state index in [1.165, 1.54) is 11.8 Å². The van der Waals surface area contributed by atoms with Gasteiger partial charge in [-0.2, -0.15) is 0 Å². The number of thioether (sulfide) groups is 1. The fourth-order valence-electron chi connectivity index (χ4n) is 4.94. The Bertz CT molecular complexity index is 1280. The van der Waals surface area contributed by atoms with Gasteiger partial charge in [-0.3, -0.25) is 34.2 Å². The average Bonchev–Trinajstić information content (AvgIpc) is 3.38. The quantitative estimate of drug-likeness (QED) is 0.329. The number of carbonyl (C=O) groups excluding carboxylic acids is 5. The van der Waals surface area contributed by atoms with Gasteiger partial charge >= 0.3 is 5.97 Å². The molecule has 1 saturated heterocycles. The first kappa shape index (κ1) is 29.7. The van der Waals surface area contributed by atoms with Gasteiger partial charge in [0, 0.05) is 12.3 Å². The number of nitrogens with one attached hydrogen (secondary N) is 2. The zero-order chi connectivity index (χ0) is 29.2. The molecule has 4 rings (SSSR count). The summed E-state index contributed by atoms with van der Waals surface area (Å²) in [6.45, 7) is 9.14. The second-order valence-electron chi connectivity index (χ2n) is 11.7. The maximum atomic E-state index is 13.3. The van der Waals surface area contributed by atoms with Gasteiger partial charge in [-0.15, -0.1) is 0 Å². The van der Waals surface area contributed by atoms with Crippen molar-refractivity contribution >= 4 is 51.3 Å². The standard InChI is InChI=1S/C30H37N3O6S/c1-17(2)14-24(25(34)32-23-11-13-40-29(23)38)31-22(28(37)39-30(3,4)5)10-12-33-26(35)20-15-18-8-6-7-9-19(18)16-21(20)27(33)36/h6-9,15-17,22-24,31H,10-14H2,1-5H3,(H,32,34)/t22-,23+,24+/m1/s1. The number of esters is 1. The summed E-state index contributed by atoms with van der Waals surface area (Å²) in [5, 5.41) is 7.62. The second kappa shape index (κ2) is 12.1. The van der Waals surface area contributed by atoms with E-state index in [9.17, 15) is 24.0 Å². The van der Waals surface area contributed by atoms with Crippen LogP contribution in [0.15, 0.2) is 36.4 Å². The van der Waals surface area contributed by atoms with E-state index in [1.807, 2.05) is 38.1 Å². The van der Waals surface area contributed by atoms with E-state index in [4.69, 9.17) is 4.74 Å². The Kier molecular flexibility index (Phi) is 8.99. The van der Waals surface area contributed by atoms with Gasteiger partial charge in [0.25, 0.3) is 11.8 Å². The minimum atomic E-state index is -0.967. The predicted molar refractivity (Wildman–Crippen MR) is 154 cm³/mol. The molecule has 0 spiro atoms. The number of hydrogen-bond donors (Lipinski definition) is 2. The third-order valence-corrected chi connectivity index (χ3v) is 7.86. The lowest BCUT2D eigenvalue weighted by atomic mass is 10.0. The molecule has 0 aromatic heterocycles. The van der Waals surface area contributed by atoms with E-state index in [1.54, 1.807) is 32.9 Å². The van der Waals surface area contributed by atoms with Gasteiger partial charge in [0.05, 0.1) is 23.2 Å². The van der Waals surface area contributed by atoms with Crippen LogP contribution in [0.3, 0.4) is 0 Å². The van der Waals surface area contributed by atoms with E-state index in [2.05, 4.69) is 10.6 Å². The summed E-state index contributed by atoms with van der Waals surface area (Å²) in [5.41, 5.74) is -0.112. The summed E-state index contributed by atoms with van der Waals surface area (Å²) in [5.74, 6) is -1.01. The molecule has 40 heavy (non-hydrogen) atoms. The third kappa shape index (κ3) is 6.90. The maximum absolute atomic E-state index is 13.3. The highest BCUT2D eigenvalue weighted by Crippen LogP contribution is 2.28. The fourth-order valence-corrected chi connectivity index (χ4v) is 5.88. The number of imide groups is 1. The molecular formula is C30H37N3O6S. The van der Waals surface area contributed by atoms with Crippen LogP contribution >= 0.6 is 11.8 Å². The van der Waals surface area contributed by atoms with E-state index >= 15 is 0 Å². The lowest BCUT2D eigenvalue weighted by Crippen LogP contribution is -2.55. The highest BCUT2D eigenvalue weighted by Gasteiger charge is 2.38. The van der Waals surface area contributed by atoms with Crippen molar-refractivity contribution in [3.8, 4) is 0 Å². The molecule has 214 valence electrons. The van der Waals surface area contributed by atoms with E-state index < -0.39 is 41.5 Å². The number of ether oxygens (including phenoxy) is 1. The Morgan fingerprint density at radius 1 is 1.02 bits per heavy atom. The van der Waals surface area contributed by atoms with E-state index in [-0.39, 0.29) is 29.9 Å². The molecule has 1 fully saturated rings. The van der Waals surface area contributed by atoms with Crippen molar-refractivity contribution < 1.29 is 28.7 Å². The molecule has 2 aliphatic rings. The van der Waals surface area contributed by atoms with Crippen LogP contribution in [0, 0.1) is 5.92 Å². The summed E-state index contributed by atoms with van der Waals surface area (Å²) in [4.78, 5) is 66.2. The highest BCUT2D eigenvalue weighted by molar-refractivity contribution is 8.14. The Balaban J connectivity index is 1.53. The molecule has 2 heterocycles. The smallest absolute Gasteiger partial charge is 0.323 e. The first-order valence-electron chi connectivity index (χ1n) is 13.7. The SMILES string of the molecule is CC(C)C[C@H](N[C@H](CCN1C(=O)c2cc3ccccc3cc2C1=O)C(=O)OC(C)(C)C)C(=O)N[C@H]1CCSC1=O. The summed E-state index contributed by atoms with van der Waals surface area (Å²) in [6.07, 6.45) is 1.03. The molecule has 0 unspecified atom stereocenters. The molecule has 2 aromatic rings. The van der Waals surface area contributed by atoms with Crippen molar-refractivity contribution in [2.45, 2.75) is 77.6 Å². The summed E-state index contributed by atoms with van der Waals surface area (Å²) >= 11 is 1.20. The Morgan fingerprint density at radius 2 is 1.62 bits per heavy atom. The normalized spacial score (nSPS) is 18.8. The lowest BCUT2D eigenvalue weighted by Gasteiger charge is -2.29. The number of amides is 3. The summed E-state index contributed by atoms with van der Waals surface area (Å²) in [7, 11) is 0. The Labute approximate surface area is 238 Å². The van der Waals surface area contributed by atoms with Crippen molar-refractivity contribution in [3.05, 3.63) is 47.5 Å². The van der Waals surface area contributed by atoms with Crippen LogP contribution in [-0.2, 0) is 19.1 Å². The minimum Gasteiger partial charge on any atom is -0.459 e. The van der Waals surface area contributed by atoms with Crippen LogP contribution in [0.4, 0.5) is 0 Å². The van der Waals surface area contributed by atoms with Crippen LogP contribution in [0.5, 0.6) is 0 Å². The van der Waals surface area contributed by atoms with Crippen LogP contribution < -0.4 is 10.6 Å². The Morgan fingerprint density at radius 3 is 2.12 bits per heavy atom. The van der Waals surface area contributed by atoms with Gasteiger partial charge < -0.3 is 10.1 Å². The molecule has 3 atom stereocenters. The molecule has 3 amide bonds. The van der Waals surface area contributed by atoms with Gasteiger partial charge in [-0.05, 0) is 68.9 Å². The van der Waals surface area contributed by atoms with Crippen LogP contribution in [0.25, 0.3) is 10.8 Å². The topological polar surface area (TPSA) is 122 Å². The number of hydrogen-bond acceptors (Lipinski definition) is 8. The summed E-state index contributed by atoms with van der Waals surface area (Å²) in [6, 6.07) is 8.66. The zero-order valence-corrected chi connectivity index (χ0v) is 24.4. The maximum Gasteiger partial charge on any atom is 0.323 e. The van der Waals surface area contributed by atoms with Crippen LogP contribution in [-0.4, -0.2) is 69.7 Å². The van der Waals surface area contributed by atoms with Gasteiger partial charge in [-0.1, -0.05) is 49.9 Å². The summed E-state index contributed by atoms with van der Waals surface area (Å²) < 4.78 is 5.64. The fraction of sp³-hybridized carbons (Fsp3) is 0.500. The van der Waals surface area contributed by atoms with Crippen LogP contribution in [0.2, 0.25) is 0 Å². The van der Waals surface area contributed by atoms with Gasteiger partial charge in [-0.25, -0.2) is 0 Å². The molecule has 0 radical (unpaired) electrons. The number of fused-ring (bicyclic) bond motifs is 2.